The standard InChI is InChI=1S/C20H21N3O/c1-15(2)13-16-3-5-17(6-4-16)23-20-8-7-19(14-22-20)24-18-9-11-21-12-10-18/h3-12,14-15H,13H2,1-2H3,(H,22,23). The smallest absolute Gasteiger partial charge is 0.145 e. The fourth-order valence-electron chi connectivity index (χ4n) is 2.40. The summed E-state index contributed by atoms with van der Waals surface area (Å²) in [6, 6.07) is 15.9. The molecule has 3 aromatic rings. The zero-order valence-corrected chi connectivity index (χ0v) is 13.9. The number of benzene rings is 1. The Labute approximate surface area is 142 Å². The highest BCUT2D eigenvalue weighted by Crippen LogP contribution is 2.22. The summed E-state index contributed by atoms with van der Waals surface area (Å²) >= 11 is 0. The largest absolute Gasteiger partial charge is 0.456 e. The molecule has 0 aliphatic heterocycles. The Balaban J connectivity index is 1.61. The van der Waals surface area contributed by atoms with Crippen LogP contribution >= 0.6 is 0 Å². The Hall–Kier alpha value is -2.88. The van der Waals surface area contributed by atoms with Gasteiger partial charge in [0.25, 0.3) is 0 Å². The quantitative estimate of drug-likeness (QED) is 0.677. The number of aromatic nitrogens is 2. The van der Waals surface area contributed by atoms with Crippen LogP contribution in [0.25, 0.3) is 0 Å². The monoisotopic (exact) mass is 319 g/mol. The maximum Gasteiger partial charge on any atom is 0.145 e. The lowest BCUT2D eigenvalue weighted by molar-refractivity contribution is 0.480. The van der Waals surface area contributed by atoms with Crippen molar-refractivity contribution in [2.24, 2.45) is 5.92 Å². The van der Waals surface area contributed by atoms with Crippen LogP contribution in [0.3, 0.4) is 0 Å². The molecule has 1 aromatic carbocycles. The van der Waals surface area contributed by atoms with Gasteiger partial charge >= 0.3 is 0 Å². The van der Waals surface area contributed by atoms with Crippen LogP contribution in [0.15, 0.2) is 67.1 Å². The average Bonchev–Trinajstić information content (AvgIpc) is 2.59. The van der Waals surface area contributed by atoms with Crippen LogP contribution in [0.2, 0.25) is 0 Å². The minimum Gasteiger partial charge on any atom is -0.456 e. The van der Waals surface area contributed by atoms with E-state index in [0.29, 0.717) is 11.7 Å². The molecular weight excluding hydrogens is 298 g/mol. The van der Waals surface area contributed by atoms with Gasteiger partial charge in [0, 0.05) is 18.1 Å². The van der Waals surface area contributed by atoms with E-state index in [1.807, 2.05) is 24.3 Å². The maximum atomic E-state index is 5.71. The normalized spacial score (nSPS) is 10.6. The summed E-state index contributed by atoms with van der Waals surface area (Å²) in [4.78, 5) is 8.35. The van der Waals surface area contributed by atoms with E-state index in [9.17, 15) is 0 Å². The van der Waals surface area contributed by atoms with Crippen LogP contribution in [0.4, 0.5) is 11.5 Å². The summed E-state index contributed by atoms with van der Waals surface area (Å²) < 4.78 is 5.71. The molecule has 0 radical (unpaired) electrons. The Morgan fingerprint density at radius 3 is 2.29 bits per heavy atom. The van der Waals surface area contributed by atoms with Crippen LogP contribution < -0.4 is 10.1 Å². The third-order valence-electron chi connectivity index (χ3n) is 3.49. The highest BCUT2D eigenvalue weighted by atomic mass is 16.5. The third-order valence-corrected chi connectivity index (χ3v) is 3.49. The number of nitrogens with zero attached hydrogens (tertiary/aromatic N) is 2. The van der Waals surface area contributed by atoms with Gasteiger partial charge in [0.2, 0.25) is 0 Å². The molecule has 0 aliphatic carbocycles. The first-order valence-corrected chi connectivity index (χ1v) is 8.09. The Morgan fingerprint density at radius 1 is 0.917 bits per heavy atom. The van der Waals surface area contributed by atoms with Gasteiger partial charge in [-0.1, -0.05) is 26.0 Å². The van der Waals surface area contributed by atoms with Crippen molar-refractivity contribution >= 4 is 11.5 Å². The molecule has 3 rings (SSSR count). The zero-order chi connectivity index (χ0) is 16.8. The first-order chi connectivity index (χ1) is 11.7. The van der Waals surface area contributed by atoms with E-state index >= 15 is 0 Å². The molecule has 0 amide bonds. The molecule has 2 aromatic heterocycles. The molecule has 122 valence electrons. The molecular formula is C20H21N3O. The van der Waals surface area contributed by atoms with E-state index in [2.05, 4.69) is 53.4 Å². The number of nitrogens with one attached hydrogen (secondary N) is 1. The fourth-order valence-corrected chi connectivity index (χ4v) is 2.40. The summed E-state index contributed by atoms with van der Waals surface area (Å²) in [6.07, 6.45) is 6.19. The van der Waals surface area contributed by atoms with Crippen molar-refractivity contribution < 1.29 is 4.74 Å². The van der Waals surface area contributed by atoms with Crippen molar-refractivity contribution in [1.29, 1.82) is 0 Å². The number of pyridine rings is 2. The lowest BCUT2D eigenvalue weighted by Crippen LogP contribution is -1.96. The first kappa shape index (κ1) is 16.0. The van der Waals surface area contributed by atoms with Gasteiger partial charge in [-0.05, 0) is 54.3 Å². The second-order valence-electron chi connectivity index (χ2n) is 6.08. The van der Waals surface area contributed by atoms with E-state index in [4.69, 9.17) is 4.74 Å². The number of hydrogen-bond acceptors (Lipinski definition) is 4. The van der Waals surface area contributed by atoms with Crippen LogP contribution in [0, 0.1) is 5.92 Å². The molecule has 0 aliphatic rings. The molecule has 24 heavy (non-hydrogen) atoms. The predicted molar refractivity (Wildman–Crippen MR) is 96.8 cm³/mol. The van der Waals surface area contributed by atoms with Crippen molar-refractivity contribution in [3.63, 3.8) is 0 Å². The van der Waals surface area contributed by atoms with Crippen molar-refractivity contribution in [3.05, 3.63) is 72.7 Å². The predicted octanol–water partition coefficient (Wildman–Crippen LogP) is 5.21. The fraction of sp³-hybridized carbons (Fsp3) is 0.200. The Morgan fingerprint density at radius 2 is 1.67 bits per heavy atom. The van der Waals surface area contributed by atoms with Crippen LogP contribution in [-0.2, 0) is 6.42 Å². The van der Waals surface area contributed by atoms with Gasteiger partial charge < -0.3 is 10.1 Å². The molecule has 0 spiro atoms. The van der Waals surface area contributed by atoms with E-state index < -0.39 is 0 Å². The van der Waals surface area contributed by atoms with Gasteiger partial charge in [-0.2, -0.15) is 0 Å². The molecule has 0 unspecified atom stereocenters. The Kier molecular flexibility index (Phi) is 5.06. The molecule has 2 heterocycles. The summed E-state index contributed by atoms with van der Waals surface area (Å²) in [7, 11) is 0. The van der Waals surface area contributed by atoms with E-state index in [1.54, 1.807) is 18.6 Å². The number of ether oxygens (including phenoxy) is 1. The lowest BCUT2D eigenvalue weighted by Gasteiger charge is -2.09. The van der Waals surface area contributed by atoms with E-state index in [-0.39, 0.29) is 0 Å². The molecule has 0 atom stereocenters. The number of hydrogen-bond donors (Lipinski definition) is 1. The second-order valence-corrected chi connectivity index (χ2v) is 6.08. The zero-order valence-electron chi connectivity index (χ0n) is 13.9. The van der Waals surface area contributed by atoms with E-state index in [1.165, 1.54) is 5.56 Å². The van der Waals surface area contributed by atoms with Gasteiger partial charge in [0.15, 0.2) is 0 Å². The molecule has 0 saturated heterocycles. The highest BCUT2D eigenvalue weighted by molar-refractivity contribution is 5.56. The third kappa shape index (κ3) is 4.56. The molecule has 0 bridgehead atoms. The van der Waals surface area contributed by atoms with Crippen molar-refractivity contribution in [1.82, 2.24) is 9.97 Å². The lowest BCUT2D eigenvalue weighted by atomic mass is 10.0. The van der Waals surface area contributed by atoms with Crippen molar-refractivity contribution in [2.45, 2.75) is 20.3 Å². The average molecular weight is 319 g/mol. The minimum atomic E-state index is 0.665. The molecule has 0 fully saturated rings. The van der Waals surface area contributed by atoms with Gasteiger partial charge in [-0.3, -0.25) is 4.98 Å². The van der Waals surface area contributed by atoms with Crippen LogP contribution in [0.1, 0.15) is 19.4 Å². The Bertz CT molecular complexity index is 753. The topological polar surface area (TPSA) is 47.0 Å². The molecule has 4 nitrogen and oxygen atoms in total. The molecule has 1 N–H and O–H groups in total. The van der Waals surface area contributed by atoms with Gasteiger partial charge in [0.1, 0.15) is 17.3 Å². The summed E-state index contributed by atoms with van der Waals surface area (Å²) in [5.74, 6) is 2.89. The van der Waals surface area contributed by atoms with Gasteiger partial charge in [-0.15, -0.1) is 0 Å². The second kappa shape index (κ2) is 7.59. The SMILES string of the molecule is CC(C)Cc1ccc(Nc2ccc(Oc3ccncc3)cn2)cc1. The van der Waals surface area contributed by atoms with Gasteiger partial charge in [-0.25, -0.2) is 4.98 Å². The molecule has 0 saturated carbocycles. The summed E-state index contributed by atoms with van der Waals surface area (Å²) in [5, 5.41) is 3.30. The number of anilines is 2. The number of rotatable bonds is 6. The van der Waals surface area contributed by atoms with Crippen molar-refractivity contribution in [2.75, 3.05) is 5.32 Å². The van der Waals surface area contributed by atoms with Crippen LogP contribution in [0.5, 0.6) is 11.5 Å². The summed E-state index contributed by atoms with van der Waals surface area (Å²) in [5.41, 5.74) is 2.38. The highest BCUT2D eigenvalue weighted by Gasteiger charge is 2.01. The van der Waals surface area contributed by atoms with Crippen molar-refractivity contribution in [3.8, 4) is 11.5 Å². The minimum absolute atomic E-state index is 0.665. The van der Waals surface area contributed by atoms with E-state index in [0.717, 1.165) is 23.7 Å². The first-order valence-electron chi connectivity index (χ1n) is 8.09. The van der Waals surface area contributed by atoms with Gasteiger partial charge in [0.05, 0.1) is 6.20 Å². The summed E-state index contributed by atoms with van der Waals surface area (Å²) in [6.45, 7) is 4.46. The molecule has 4 heteroatoms. The maximum absolute atomic E-state index is 5.71. The van der Waals surface area contributed by atoms with Crippen LogP contribution in [-0.4, -0.2) is 9.97 Å².